The van der Waals surface area contributed by atoms with E-state index < -0.39 is 16.1 Å². The minimum Gasteiger partial charge on any atom is -0.481 e. The second-order valence-electron chi connectivity index (χ2n) is 7.04. The molecule has 1 unspecified atom stereocenters. The van der Waals surface area contributed by atoms with Gasteiger partial charge in [-0.25, -0.2) is 12.8 Å². The summed E-state index contributed by atoms with van der Waals surface area (Å²) in [5.41, 5.74) is 0.869. The molecular formula is C21H26FN3O4S. The van der Waals surface area contributed by atoms with E-state index in [1.165, 1.54) is 16.4 Å². The Labute approximate surface area is 176 Å². The maximum atomic E-state index is 13.1. The van der Waals surface area contributed by atoms with Crippen LogP contribution in [0.4, 0.5) is 10.1 Å². The fourth-order valence-corrected chi connectivity index (χ4v) is 4.55. The number of sulfonamides is 1. The van der Waals surface area contributed by atoms with Gasteiger partial charge in [-0.15, -0.1) is 0 Å². The molecule has 1 saturated heterocycles. The number of amides is 1. The van der Waals surface area contributed by atoms with Crippen LogP contribution in [0.15, 0.2) is 54.6 Å². The molecule has 1 atom stereocenters. The zero-order chi connectivity index (χ0) is 21.6. The molecule has 0 radical (unpaired) electrons. The van der Waals surface area contributed by atoms with Crippen LogP contribution in [-0.4, -0.2) is 63.2 Å². The molecule has 0 bridgehead atoms. The molecule has 1 fully saturated rings. The van der Waals surface area contributed by atoms with Crippen LogP contribution in [-0.2, 0) is 14.8 Å². The van der Waals surface area contributed by atoms with Gasteiger partial charge in [0.2, 0.25) is 10.0 Å². The number of para-hydroxylation sites is 1. The molecule has 0 aliphatic carbocycles. The minimum absolute atomic E-state index is 0.0157. The highest BCUT2D eigenvalue weighted by atomic mass is 32.2. The molecule has 1 aliphatic rings. The van der Waals surface area contributed by atoms with Crippen LogP contribution in [0, 0.1) is 5.82 Å². The van der Waals surface area contributed by atoms with Gasteiger partial charge < -0.3 is 15.0 Å². The second-order valence-corrected chi connectivity index (χ2v) is 9.13. The quantitative estimate of drug-likeness (QED) is 0.685. The summed E-state index contributed by atoms with van der Waals surface area (Å²) in [5.74, 6) is -0.264. The van der Waals surface area contributed by atoms with Crippen molar-refractivity contribution in [3.05, 3.63) is 60.4 Å². The predicted octanol–water partition coefficient (Wildman–Crippen LogP) is 1.86. The van der Waals surface area contributed by atoms with E-state index in [-0.39, 0.29) is 24.0 Å². The molecule has 162 valence electrons. The summed E-state index contributed by atoms with van der Waals surface area (Å²) >= 11 is 0. The molecule has 7 nitrogen and oxygen atoms in total. The Kier molecular flexibility index (Phi) is 7.28. The largest absolute Gasteiger partial charge is 0.481 e. The van der Waals surface area contributed by atoms with Crippen LogP contribution in [0.1, 0.15) is 6.92 Å². The Morgan fingerprint density at radius 3 is 2.33 bits per heavy atom. The Morgan fingerprint density at radius 1 is 1.07 bits per heavy atom. The highest BCUT2D eigenvalue weighted by molar-refractivity contribution is 7.89. The van der Waals surface area contributed by atoms with Gasteiger partial charge in [0.15, 0.2) is 6.10 Å². The Bertz CT molecular complexity index is 930. The number of ether oxygens (including phenoxy) is 1. The minimum atomic E-state index is -3.48. The lowest BCUT2D eigenvalue weighted by Crippen LogP contribution is -2.50. The highest BCUT2D eigenvalue weighted by Gasteiger charge is 2.27. The van der Waals surface area contributed by atoms with E-state index in [0.717, 1.165) is 5.69 Å². The first-order valence-electron chi connectivity index (χ1n) is 9.83. The molecule has 0 aromatic heterocycles. The Hall–Kier alpha value is -2.65. The van der Waals surface area contributed by atoms with Gasteiger partial charge in [0, 0.05) is 38.4 Å². The van der Waals surface area contributed by atoms with Crippen molar-refractivity contribution >= 4 is 21.6 Å². The number of nitrogens with zero attached hydrogens (tertiary/aromatic N) is 2. The third kappa shape index (κ3) is 5.93. The van der Waals surface area contributed by atoms with Crippen LogP contribution < -0.4 is 15.0 Å². The molecule has 9 heteroatoms. The lowest BCUT2D eigenvalue weighted by Gasteiger charge is -2.35. The average molecular weight is 436 g/mol. The molecule has 30 heavy (non-hydrogen) atoms. The fourth-order valence-electron chi connectivity index (χ4n) is 3.21. The van der Waals surface area contributed by atoms with E-state index in [2.05, 4.69) is 5.32 Å². The van der Waals surface area contributed by atoms with Gasteiger partial charge in [0.1, 0.15) is 11.6 Å². The SMILES string of the molecule is CC(Oc1ccccc1)C(=O)NCCS(=O)(=O)N1CCN(c2ccc(F)cc2)CC1. The van der Waals surface area contributed by atoms with Crippen LogP contribution in [0.2, 0.25) is 0 Å². The van der Waals surface area contributed by atoms with Crippen molar-refractivity contribution in [2.75, 3.05) is 43.4 Å². The van der Waals surface area contributed by atoms with Crippen molar-refractivity contribution in [2.45, 2.75) is 13.0 Å². The number of hydrogen-bond acceptors (Lipinski definition) is 5. The van der Waals surface area contributed by atoms with E-state index in [1.807, 2.05) is 23.1 Å². The van der Waals surface area contributed by atoms with Gasteiger partial charge in [-0.05, 0) is 43.3 Å². The lowest BCUT2D eigenvalue weighted by molar-refractivity contribution is -0.127. The third-order valence-corrected chi connectivity index (χ3v) is 6.78. The van der Waals surface area contributed by atoms with E-state index in [4.69, 9.17) is 4.74 Å². The lowest BCUT2D eigenvalue weighted by atomic mass is 10.2. The zero-order valence-electron chi connectivity index (χ0n) is 16.8. The first kappa shape index (κ1) is 22.0. The smallest absolute Gasteiger partial charge is 0.260 e. The molecule has 2 aromatic rings. The summed E-state index contributed by atoms with van der Waals surface area (Å²) in [5, 5.41) is 2.62. The van der Waals surface area contributed by atoms with Gasteiger partial charge in [0.25, 0.3) is 5.91 Å². The van der Waals surface area contributed by atoms with Crippen LogP contribution in [0.3, 0.4) is 0 Å². The van der Waals surface area contributed by atoms with Crippen molar-refractivity contribution < 1.29 is 22.3 Å². The summed E-state index contributed by atoms with van der Waals surface area (Å²) in [4.78, 5) is 14.2. The van der Waals surface area contributed by atoms with Gasteiger partial charge in [-0.2, -0.15) is 4.31 Å². The molecule has 3 rings (SSSR count). The number of hydrogen-bond donors (Lipinski definition) is 1. The molecule has 1 aliphatic heterocycles. The number of anilines is 1. The van der Waals surface area contributed by atoms with Gasteiger partial charge in [0.05, 0.1) is 5.75 Å². The Morgan fingerprint density at radius 2 is 1.70 bits per heavy atom. The third-order valence-electron chi connectivity index (χ3n) is 4.91. The number of rotatable bonds is 8. The normalized spacial score (nSPS) is 16.1. The number of nitrogens with one attached hydrogen (secondary N) is 1. The topological polar surface area (TPSA) is 78.9 Å². The van der Waals surface area contributed by atoms with Crippen molar-refractivity contribution in [2.24, 2.45) is 0 Å². The maximum Gasteiger partial charge on any atom is 0.260 e. The van der Waals surface area contributed by atoms with Gasteiger partial charge in [-0.1, -0.05) is 18.2 Å². The van der Waals surface area contributed by atoms with Crippen LogP contribution >= 0.6 is 0 Å². The van der Waals surface area contributed by atoms with E-state index >= 15 is 0 Å². The molecule has 1 amide bonds. The molecular weight excluding hydrogens is 409 g/mol. The summed E-state index contributed by atoms with van der Waals surface area (Å²) < 4.78 is 45.2. The molecule has 1 heterocycles. The monoisotopic (exact) mass is 435 g/mol. The predicted molar refractivity (Wildman–Crippen MR) is 114 cm³/mol. The summed E-state index contributed by atoms with van der Waals surface area (Å²) in [6.07, 6.45) is -0.727. The highest BCUT2D eigenvalue weighted by Crippen LogP contribution is 2.18. The number of halogens is 1. The maximum absolute atomic E-state index is 13.1. The molecule has 1 N–H and O–H groups in total. The molecule has 0 saturated carbocycles. The first-order chi connectivity index (χ1) is 14.3. The number of piperazine rings is 1. The van der Waals surface area contributed by atoms with Crippen LogP contribution in [0.5, 0.6) is 5.75 Å². The first-order valence-corrected chi connectivity index (χ1v) is 11.4. The van der Waals surface area contributed by atoms with Gasteiger partial charge in [-0.3, -0.25) is 4.79 Å². The van der Waals surface area contributed by atoms with Crippen molar-refractivity contribution in [1.82, 2.24) is 9.62 Å². The number of benzene rings is 2. The van der Waals surface area contributed by atoms with E-state index in [1.54, 1.807) is 31.2 Å². The van der Waals surface area contributed by atoms with Crippen molar-refractivity contribution in [1.29, 1.82) is 0 Å². The molecule has 2 aromatic carbocycles. The fraction of sp³-hybridized carbons (Fsp3) is 0.381. The van der Waals surface area contributed by atoms with E-state index in [0.29, 0.717) is 31.9 Å². The second kappa shape index (κ2) is 9.90. The van der Waals surface area contributed by atoms with Crippen LogP contribution in [0.25, 0.3) is 0 Å². The standard InChI is InChI=1S/C21H26FN3O4S/c1-17(29-20-5-3-2-4-6-20)21(26)23-11-16-30(27,28)25-14-12-24(13-15-25)19-9-7-18(22)8-10-19/h2-10,17H,11-16H2,1H3,(H,23,26). The van der Waals surface area contributed by atoms with Crippen molar-refractivity contribution in [3.8, 4) is 5.75 Å². The summed E-state index contributed by atoms with van der Waals surface area (Å²) in [7, 11) is -3.48. The van der Waals surface area contributed by atoms with Gasteiger partial charge >= 0.3 is 0 Å². The van der Waals surface area contributed by atoms with E-state index in [9.17, 15) is 17.6 Å². The zero-order valence-corrected chi connectivity index (χ0v) is 17.6. The summed E-state index contributed by atoms with van der Waals surface area (Å²) in [6.45, 7) is 3.38. The molecule has 0 spiro atoms. The van der Waals surface area contributed by atoms with Crippen molar-refractivity contribution in [3.63, 3.8) is 0 Å². The number of carbonyl (C=O) groups excluding carboxylic acids is 1. The summed E-state index contributed by atoms with van der Waals surface area (Å²) in [6, 6.07) is 15.1. The Balaban J connectivity index is 1.43. The number of carbonyl (C=O) groups is 1. The average Bonchev–Trinajstić information content (AvgIpc) is 2.75.